The highest BCUT2D eigenvalue weighted by molar-refractivity contribution is 7.09. The Bertz CT molecular complexity index is 650. The first-order chi connectivity index (χ1) is 10.8. The fourth-order valence-electron chi connectivity index (χ4n) is 3.03. The maximum Gasteiger partial charge on any atom is 0.321 e. The van der Waals surface area contributed by atoms with Gasteiger partial charge in [-0.1, -0.05) is 0 Å². The molecule has 2 aromatic rings. The predicted molar refractivity (Wildman–Crippen MR) is 82.9 cm³/mol. The van der Waals surface area contributed by atoms with Crippen LogP contribution in [-0.2, 0) is 0 Å². The number of nitrogens with zero attached hydrogens (tertiary/aromatic N) is 4. The highest BCUT2D eigenvalue weighted by Gasteiger charge is 2.30. The Morgan fingerprint density at radius 3 is 3.00 bits per heavy atom. The summed E-state index contributed by atoms with van der Waals surface area (Å²) in [5, 5.41) is 6.45. The normalized spacial score (nSPS) is 24.4. The maximum absolute atomic E-state index is 12.2. The first-order valence-electron chi connectivity index (χ1n) is 7.68. The molecule has 2 saturated carbocycles. The van der Waals surface area contributed by atoms with Gasteiger partial charge in [0.25, 0.3) is 0 Å². The van der Waals surface area contributed by atoms with Crippen molar-refractivity contribution in [2.45, 2.75) is 50.1 Å². The molecule has 2 aromatic heterocycles. The number of imidazole rings is 1. The lowest BCUT2D eigenvalue weighted by Gasteiger charge is -2.21. The highest BCUT2D eigenvalue weighted by Crippen LogP contribution is 2.39. The van der Waals surface area contributed by atoms with E-state index in [0.29, 0.717) is 11.0 Å². The van der Waals surface area contributed by atoms with Gasteiger partial charge >= 0.3 is 6.03 Å². The molecular formula is C14H18N6OS. The molecule has 2 aliphatic rings. The van der Waals surface area contributed by atoms with Crippen molar-refractivity contribution in [3.05, 3.63) is 24.5 Å². The highest BCUT2D eigenvalue weighted by atomic mass is 32.1. The number of carbonyl (C=O) groups is 1. The number of amides is 2. The second-order valence-corrected chi connectivity index (χ2v) is 6.70. The van der Waals surface area contributed by atoms with E-state index in [0.717, 1.165) is 37.9 Å². The molecule has 2 atom stereocenters. The molecule has 0 saturated heterocycles. The van der Waals surface area contributed by atoms with Crippen molar-refractivity contribution in [3.8, 4) is 0 Å². The molecule has 2 heterocycles. The van der Waals surface area contributed by atoms with E-state index in [2.05, 4.69) is 29.5 Å². The van der Waals surface area contributed by atoms with E-state index < -0.39 is 0 Å². The second kappa shape index (κ2) is 5.68. The van der Waals surface area contributed by atoms with Gasteiger partial charge in [-0.05, 0) is 32.1 Å². The van der Waals surface area contributed by atoms with Crippen LogP contribution in [0.3, 0.4) is 0 Å². The predicted octanol–water partition coefficient (Wildman–Crippen LogP) is 2.53. The van der Waals surface area contributed by atoms with Gasteiger partial charge < -0.3 is 9.88 Å². The standard InChI is InChI=1S/C14H18N6OS/c21-13(18-14-17-12(19-22-14)9-4-5-9)16-10-2-1-3-11(10)20-7-6-15-8-20/h6-11H,1-5H2,(H2,16,17,18,19,21)/t10-,11+/m1/s1. The lowest BCUT2D eigenvalue weighted by atomic mass is 10.2. The van der Waals surface area contributed by atoms with Crippen LogP contribution in [0.4, 0.5) is 9.93 Å². The van der Waals surface area contributed by atoms with Gasteiger partial charge in [0.05, 0.1) is 18.4 Å². The molecule has 2 N–H and O–H groups in total. The maximum atomic E-state index is 12.2. The minimum atomic E-state index is -0.199. The molecule has 7 nitrogen and oxygen atoms in total. The number of nitrogens with one attached hydrogen (secondary N) is 2. The zero-order valence-electron chi connectivity index (χ0n) is 12.1. The molecule has 0 radical (unpaired) electrons. The minimum Gasteiger partial charge on any atom is -0.333 e. The number of urea groups is 1. The quantitative estimate of drug-likeness (QED) is 0.907. The van der Waals surface area contributed by atoms with E-state index >= 15 is 0 Å². The van der Waals surface area contributed by atoms with Crippen LogP contribution in [0.25, 0.3) is 0 Å². The van der Waals surface area contributed by atoms with Crippen molar-refractivity contribution in [2.24, 2.45) is 0 Å². The molecule has 22 heavy (non-hydrogen) atoms. The van der Waals surface area contributed by atoms with Crippen molar-refractivity contribution in [1.82, 2.24) is 24.2 Å². The summed E-state index contributed by atoms with van der Waals surface area (Å²) in [5.41, 5.74) is 0. The monoisotopic (exact) mass is 318 g/mol. The Morgan fingerprint density at radius 1 is 1.32 bits per heavy atom. The van der Waals surface area contributed by atoms with Gasteiger partial charge in [0.1, 0.15) is 5.82 Å². The smallest absolute Gasteiger partial charge is 0.321 e. The average Bonchev–Trinajstić information content (AvgIpc) is 2.95. The van der Waals surface area contributed by atoms with Crippen LogP contribution in [0, 0.1) is 0 Å². The van der Waals surface area contributed by atoms with Crippen LogP contribution in [-0.4, -0.2) is 31.0 Å². The van der Waals surface area contributed by atoms with Gasteiger partial charge in [-0.2, -0.15) is 4.37 Å². The van der Waals surface area contributed by atoms with Crippen LogP contribution in [0.15, 0.2) is 18.7 Å². The summed E-state index contributed by atoms with van der Waals surface area (Å²) in [6.07, 6.45) is 11.0. The van der Waals surface area contributed by atoms with E-state index in [1.807, 2.05) is 12.5 Å². The molecule has 2 aliphatic carbocycles. The Kier molecular flexibility index (Phi) is 3.53. The lowest BCUT2D eigenvalue weighted by molar-refractivity contribution is 0.245. The lowest BCUT2D eigenvalue weighted by Crippen LogP contribution is -2.40. The van der Waals surface area contributed by atoms with Crippen LogP contribution in [0.2, 0.25) is 0 Å². The summed E-state index contributed by atoms with van der Waals surface area (Å²) in [6, 6.07) is 0.213. The van der Waals surface area contributed by atoms with Crippen LogP contribution < -0.4 is 10.6 Å². The van der Waals surface area contributed by atoms with E-state index in [1.165, 1.54) is 11.5 Å². The molecule has 8 heteroatoms. The number of aromatic nitrogens is 4. The number of hydrogen-bond donors (Lipinski definition) is 2. The molecular weight excluding hydrogens is 300 g/mol. The third kappa shape index (κ3) is 2.83. The third-order valence-corrected chi connectivity index (χ3v) is 4.95. The third-order valence-electron chi connectivity index (χ3n) is 4.31. The Hall–Kier alpha value is -1.96. The fourth-order valence-corrected chi connectivity index (χ4v) is 3.67. The number of anilines is 1. The topological polar surface area (TPSA) is 84.7 Å². The summed E-state index contributed by atoms with van der Waals surface area (Å²) in [6.45, 7) is 0. The zero-order valence-corrected chi connectivity index (χ0v) is 12.9. The van der Waals surface area contributed by atoms with E-state index in [1.54, 1.807) is 6.20 Å². The van der Waals surface area contributed by atoms with Gasteiger partial charge in [0, 0.05) is 29.8 Å². The summed E-state index contributed by atoms with van der Waals surface area (Å²) in [4.78, 5) is 20.6. The minimum absolute atomic E-state index is 0.130. The van der Waals surface area contributed by atoms with E-state index in [4.69, 9.17) is 0 Å². The SMILES string of the molecule is O=C(Nc1nc(C2CC2)ns1)N[C@@H]1CCC[C@@H]1n1ccnc1. The van der Waals surface area contributed by atoms with Crippen molar-refractivity contribution in [2.75, 3.05) is 5.32 Å². The van der Waals surface area contributed by atoms with Crippen LogP contribution in [0.5, 0.6) is 0 Å². The van der Waals surface area contributed by atoms with Gasteiger partial charge in [-0.15, -0.1) is 0 Å². The molecule has 0 aliphatic heterocycles. The first kappa shape index (κ1) is 13.7. The molecule has 2 fully saturated rings. The van der Waals surface area contributed by atoms with Crippen LogP contribution >= 0.6 is 11.5 Å². The molecule has 4 rings (SSSR count). The average molecular weight is 318 g/mol. The van der Waals surface area contributed by atoms with Crippen molar-refractivity contribution in [3.63, 3.8) is 0 Å². The molecule has 0 bridgehead atoms. The number of rotatable bonds is 4. The van der Waals surface area contributed by atoms with Gasteiger partial charge in [-0.3, -0.25) is 5.32 Å². The van der Waals surface area contributed by atoms with Gasteiger partial charge in [0.15, 0.2) is 0 Å². The van der Waals surface area contributed by atoms with Crippen molar-refractivity contribution in [1.29, 1.82) is 0 Å². The van der Waals surface area contributed by atoms with Crippen LogP contribution in [0.1, 0.15) is 49.9 Å². The van der Waals surface area contributed by atoms with E-state index in [-0.39, 0.29) is 18.1 Å². The van der Waals surface area contributed by atoms with Crippen molar-refractivity contribution < 1.29 is 4.79 Å². The summed E-state index contributed by atoms with van der Waals surface area (Å²) < 4.78 is 6.37. The number of carbonyl (C=O) groups excluding carboxylic acids is 1. The summed E-state index contributed by atoms with van der Waals surface area (Å²) in [5.74, 6) is 1.38. The summed E-state index contributed by atoms with van der Waals surface area (Å²) in [7, 11) is 0. The largest absolute Gasteiger partial charge is 0.333 e. The van der Waals surface area contributed by atoms with E-state index in [9.17, 15) is 4.79 Å². The van der Waals surface area contributed by atoms with Gasteiger partial charge in [0.2, 0.25) is 5.13 Å². The Morgan fingerprint density at radius 2 is 2.23 bits per heavy atom. The molecule has 2 amide bonds. The Labute approximate surface area is 132 Å². The molecule has 0 spiro atoms. The first-order valence-corrected chi connectivity index (χ1v) is 8.45. The van der Waals surface area contributed by atoms with Gasteiger partial charge in [-0.25, -0.2) is 14.8 Å². The zero-order chi connectivity index (χ0) is 14.9. The number of hydrogen-bond acceptors (Lipinski definition) is 5. The fraction of sp³-hybridized carbons (Fsp3) is 0.571. The summed E-state index contributed by atoms with van der Waals surface area (Å²) >= 11 is 1.25. The van der Waals surface area contributed by atoms with Crippen molar-refractivity contribution >= 4 is 22.7 Å². The Balaban J connectivity index is 1.36. The molecule has 0 aromatic carbocycles. The molecule has 116 valence electrons. The molecule has 0 unspecified atom stereocenters. The second-order valence-electron chi connectivity index (χ2n) is 5.95.